The number of aromatic nitrogens is 2. The van der Waals surface area contributed by atoms with Crippen LogP contribution in [-0.4, -0.2) is 29.5 Å². The van der Waals surface area contributed by atoms with E-state index in [0.717, 1.165) is 37.1 Å². The number of nitrogens with two attached hydrogens (primary N) is 1. The summed E-state index contributed by atoms with van der Waals surface area (Å²) in [5.41, 5.74) is 7.73. The van der Waals surface area contributed by atoms with Crippen molar-refractivity contribution in [3.05, 3.63) is 10.5 Å². The molecule has 2 N–H and O–H groups in total. The highest BCUT2D eigenvalue weighted by Gasteiger charge is 2.03. The van der Waals surface area contributed by atoms with Crippen LogP contribution in [0.3, 0.4) is 0 Å². The normalized spacial score (nSPS) is 11.9. The first kappa shape index (κ1) is 15.1. The van der Waals surface area contributed by atoms with Crippen LogP contribution in [-0.2, 0) is 11.2 Å². The maximum absolute atomic E-state index is 5.96. The Morgan fingerprint density at radius 3 is 3.11 bits per heavy atom. The van der Waals surface area contributed by atoms with E-state index in [1.54, 1.807) is 16.8 Å². The summed E-state index contributed by atoms with van der Waals surface area (Å²) >= 11 is 1.61. The van der Waals surface area contributed by atoms with Crippen molar-refractivity contribution in [1.82, 2.24) is 10.2 Å². The predicted octanol–water partition coefficient (Wildman–Crippen LogP) is 2.01. The average molecular weight is 267 g/mol. The largest absolute Gasteiger partial charge is 0.379 e. The highest BCUT2D eigenvalue weighted by atomic mass is 32.1. The van der Waals surface area contributed by atoms with Crippen LogP contribution in [0.25, 0.3) is 0 Å². The van der Waals surface area contributed by atoms with E-state index in [1.807, 2.05) is 6.92 Å². The Hall–Kier alpha value is -0.960. The molecule has 1 unspecified atom stereocenters. The van der Waals surface area contributed by atoms with E-state index in [0.29, 0.717) is 13.2 Å². The summed E-state index contributed by atoms with van der Waals surface area (Å²) < 4.78 is 5.45. The van der Waals surface area contributed by atoms with E-state index in [2.05, 4.69) is 22.0 Å². The molecule has 0 amide bonds. The lowest BCUT2D eigenvalue weighted by Gasteiger charge is -2.10. The fourth-order valence-corrected chi connectivity index (χ4v) is 2.13. The first-order chi connectivity index (χ1) is 8.83. The molecule has 0 aromatic carbocycles. The monoisotopic (exact) mass is 267 g/mol. The zero-order valence-electron chi connectivity index (χ0n) is 10.9. The molecule has 0 aliphatic rings. The molecule has 100 valence electrons. The van der Waals surface area contributed by atoms with Gasteiger partial charge in [0.2, 0.25) is 0 Å². The average Bonchev–Trinajstić information content (AvgIpc) is 2.87. The molecule has 0 saturated heterocycles. The Morgan fingerprint density at radius 2 is 2.39 bits per heavy atom. The van der Waals surface area contributed by atoms with Gasteiger partial charge < -0.3 is 10.5 Å². The molecule has 0 saturated carbocycles. The van der Waals surface area contributed by atoms with Crippen LogP contribution >= 0.6 is 11.3 Å². The molecule has 0 fully saturated rings. The van der Waals surface area contributed by atoms with E-state index in [4.69, 9.17) is 10.5 Å². The van der Waals surface area contributed by atoms with Crippen LogP contribution in [0.2, 0.25) is 0 Å². The number of nitrogens with zero attached hydrogens (tertiary/aromatic N) is 2. The van der Waals surface area contributed by atoms with E-state index in [1.165, 1.54) is 0 Å². The summed E-state index contributed by atoms with van der Waals surface area (Å²) in [5.74, 6) is 5.80. The molecule has 4 nitrogen and oxygen atoms in total. The van der Waals surface area contributed by atoms with Crippen LogP contribution in [0.4, 0.5) is 0 Å². The van der Waals surface area contributed by atoms with Gasteiger partial charge in [0.25, 0.3) is 0 Å². The molecule has 0 aliphatic heterocycles. The van der Waals surface area contributed by atoms with Gasteiger partial charge >= 0.3 is 0 Å². The lowest BCUT2D eigenvalue weighted by molar-refractivity contribution is 0.123. The molecule has 1 rings (SSSR count). The molecule has 0 bridgehead atoms. The van der Waals surface area contributed by atoms with Crippen LogP contribution in [0.15, 0.2) is 5.51 Å². The maximum atomic E-state index is 5.96. The Labute approximate surface area is 113 Å². The van der Waals surface area contributed by atoms with Crippen molar-refractivity contribution in [3.63, 3.8) is 0 Å². The van der Waals surface area contributed by atoms with Crippen molar-refractivity contribution in [2.75, 3.05) is 13.2 Å². The van der Waals surface area contributed by atoms with Crippen molar-refractivity contribution >= 4 is 11.3 Å². The van der Waals surface area contributed by atoms with Crippen LogP contribution in [0.5, 0.6) is 0 Å². The second kappa shape index (κ2) is 10.0. The molecule has 0 aliphatic carbocycles. The topological polar surface area (TPSA) is 61.0 Å². The number of unbranched alkanes of at least 4 members (excludes halogenated alkanes) is 1. The Kier molecular flexibility index (Phi) is 8.40. The van der Waals surface area contributed by atoms with Crippen LogP contribution in [0, 0.1) is 11.8 Å². The summed E-state index contributed by atoms with van der Waals surface area (Å²) in [6.45, 7) is 3.15. The number of hydrogen-bond donors (Lipinski definition) is 1. The van der Waals surface area contributed by atoms with Gasteiger partial charge in [-0.15, -0.1) is 33.4 Å². The fraction of sp³-hybridized carbons (Fsp3) is 0.692. The fourth-order valence-electron chi connectivity index (χ4n) is 1.55. The van der Waals surface area contributed by atoms with E-state index < -0.39 is 0 Å². The highest BCUT2D eigenvalue weighted by molar-refractivity contribution is 7.09. The smallest absolute Gasteiger partial charge is 0.117 e. The summed E-state index contributed by atoms with van der Waals surface area (Å²) in [5, 5.41) is 8.93. The SMILES string of the molecule is CC#CCCOCC(N)CCCCc1nncs1. The lowest BCUT2D eigenvalue weighted by atomic mass is 10.1. The first-order valence-corrected chi connectivity index (χ1v) is 7.19. The van der Waals surface area contributed by atoms with E-state index in [9.17, 15) is 0 Å². The Bertz CT molecular complexity index is 356. The van der Waals surface area contributed by atoms with Gasteiger partial charge in [-0.25, -0.2) is 0 Å². The maximum Gasteiger partial charge on any atom is 0.117 e. The summed E-state index contributed by atoms with van der Waals surface area (Å²) in [6, 6.07) is 0.133. The molecule has 18 heavy (non-hydrogen) atoms. The van der Waals surface area contributed by atoms with Crippen molar-refractivity contribution in [1.29, 1.82) is 0 Å². The molecule has 1 heterocycles. The number of ether oxygens (including phenoxy) is 1. The third-order valence-corrected chi connectivity index (χ3v) is 3.26. The number of rotatable bonds is 9. The van der Waals surface area contributed by atoms with Crippen LogP contribution in [0.1, 0.15) is 37.6 Å². The molecular weight excluding hydrogens is 246 g/mol. The minimum Gasteiger partial charge on any atom is -0.379 e. The summed E-state index contributed by atoms with van der Waals surface area (Å²) in [6.07, 6.45) is 5.02. The Morgan fingerprint density at radius 1 is 1.50 bits per heavy atom. The van der Waals surface area contributed by atoms with Gasteiger partial charge in [0.05, 0.1) is 13.2 Å². The van der Waals surface area contributed by atoms with Gasteiger partial charge in [-0.3, -0.25) is 0 Å². The van der Waals surface area contributed by atoms with Crippen molar-refractivity contribution in [2.24, 2.45) is 5.73 Å². The van der Waals surface area contributed by atoms with E-state index >= 15 is 0 Å². The highest BCUT2D eigenvalue weighted by Crippen LogP contribution is 2.08. The standard InChI is InChI=1S/C13H21N3OS/c1-2-3-6-9-17-10-12(14)7-4-5-8-13-16-15-11-18-13/h11-12H,4-10,14H2,1H3. The van der Waals surface area contributed by atoms with Crippen molar-refractivity contribution < 1.29 is 4.74 Å². The summed E-state index contributed by atoms with van der Waals surface area (Å²) in [7, 11) is 0. The summed E-state index contributed by atoms with van der Waals surface area (Å²) in [4.78, 5) is 0. The minimum absolute atomic E-state index is 0.133. The second-order valence-electron chi connectivity index (χ2n) is 4.09. The number of hydrogen-bond acceptors (Lipinski definition) is 5. The van der Waals surface area contributed by atoms with E-state index in [-0.39, 0.29) is 6.04 Å². The quantitative estimate of drug-likeness (QED) is 0.549. The van der Waals surface area contributed by atoms with Crippen LogP contribution < -0.4 is 5.73 Å². The first-order valence-electron chi connectivity index (χ1n) is 6.31. The van der Waals surface area contributed by atoms with Gasteiger partial charge in [-0.2, -0.15) is 0 Å². The molecule has 0 spiro atoms. The zero-order chi connectivity index (χ0) is 13.1. The molecule has 1 atom stereocenters. The molecular formula is C13H21N3OS. The third-order valence-electron chi connectivity index (χ3n) is 2.50. The molecule has 0 radical (unpaired) electrons. The van der Waals surface area contributed by atoms with Crippen molar-refractivity contribution in [2.45, 2.75) is 45.1 Å². The van der Waals surface area contributed by atoms with Gasteiger partial charge in [-0.05, 0) is 19.8 Å². The number of aryl methyl sites for hydroxylation is 1. The van der Waals surface area contributed by atoms with Crippen molar-refractivity contribution in [3.8, 4) is 11.8 Å². The molecule has 5 heteroatoms. The molecule has 1 aromatic heterocycles. The van der Waals surface area contributed by atoms with Gasteiger partial charge in [0, 0.05) is 18.9 Å². The third kappa shape index (κ3) is 7.38. The minimum atomic E-state index is 0.133. The zero-order valence-corrected chi connectivity index (χ0v) is 11.7. The second-order valence-corrected chi connectivity index (χ2v) is 5.01. The Balaban J connectivity index is 1.92. The van der Waals surface area contributed by atoms with Gasteiger partial charge in [0.1, 0.15) is 10.5 Å². The predicted molar refractivity (Wildman–Crippen MR) is 74.3 cm³/mol. The van der Waals surface area contributed by atoms with Gasteiger partial charge in [0.15, 0.2) is 0 Å². The lowest BCUT2D eigenvalue weighted by Crippen LogP contribution is -2.26. The molecule has 1 aromatic rings. The van der Waals surface area contributed by atoms with Gasteiger partial charge in [-0.1, -0.05) is 6.42 Å².